The Balaban J connectivity index is 0.675. The molecule has 6 rings (SSSR count). The SMILES string of the molecule is C#Cc1cccc(NC(=O)N2CCC3(CC2)NC(=O)N(c2ccc(C4CC4C4CC(=O)N(OC(=O)CCOCCOCCOCCOCCOCCOCCOCCOCCOCCOCCOCCOCCN=[N+]=[N-])C4=O)cc2)C3=O)c1. The van der Waals surface area contributed by atoms with Crippen molar-refractivity contribution < 1.29 is 90.4 Å². The van der Waals surface area contributed by atoms with Gasteiger partial charge in [0.2, 0.25) is 0 Å². The van der Waals surface area contributed by atoms with Crippen molar-refractivity contribution in [2.45, 2.75) is 43.6 Å². The lowest BCUT2D eigenvalue weighted by molar-refractivity contribution is -0.199. The van der Waals surface area contributed by atoms with Crippen molar-refractivity contribution in [1.82, 2.24) is 15.3 Å². The number of benzene rings is 2. The number of urea groups is 2. The van der Waals surface area contributed by atoms with Gasteiger partial charge in [-0.05, 0) is 72.5 Å². The van der Waals surface area contributed by atoms with Crippen molar-refractivity contribution in [3.8, 4) is 12.3 Å². The Morgan fingerprint density at radius 3 is 1.59 bits per heavy atom. The van der Waals surface area contributed by atoms with Gasteiger partial charge in [-0.1, -0.05) is 29.2 Å². The Kier molecular flexibility index (Phi) is 29.9. The summed E-state index contributed by atoms with van der Waals surface area (Å²) in [6.07, 6.45) is 6.35. The molecular formula is C56H78N8O19. The molecule has 2 aromatic rings. The maximum absolute atomic E-state index is 13.8. The molecule has 0 bridgehead atoms. The Hall–Kier alpha value is -6.35. The topological polar surface area (TPSA) is 305 Å². The van der Waals surface area contributed by atoms with Gasteiger partial charge in [-0.15, -0.1) is 11.5 Å². The number of piperidine rings is 1. The summed E-state index contributed by atoms with van der Waals surface area (Å²) in [7, 11) is 0. The minimum Gasteiger partial charge on any atom is -0.379 e. The third-order valence-corrected chi connectivity index (χ3v) is 13.6. The quantitative estimate of drug-likeness (QED) is 0.0182. The van der Waals surface area contributed by atoms with Crippen molar-refractivity contribution in [3.63, 3.8) is 0 Å². The van der Waals surface area contributed by atoms with Crippen LogP contribution < -0.4 is 15.5 Å². The fourth-order valence-corrected chi connectivity index (χ4v) is 9.12. The number of hydroxylamine groups is 2. The zero-order valence-electron chi connectivity index (χ0n) is 47.0. The van der Waals surface area contributed by atoms with E-state index < -0.39 is 35.3 Å². The minimum absolute atomic E-state index is 0.00578. The monoisotopic (exact) mass is 1170 g/mol. The number of carbonyl (C=O) groups excluding carboxylic acids is 6. The molecule has 2 aromatic carbocycles. The lowest BCUT2D eigenvalue weighted by Crippen LogP contribution is -2.56. The molecule has 0 aromatic heterocycles. The van der Waals surface area contributed by atoms with E-state index in [-0.39, 0.29) is 82.4 Å². The van der Waals surface area contributed by atoms with Crippen molar-refractivity contribution in [1.29, 1.82) is 0 Å². The molecule has 3 saturated heterocycles. The molecule has 1 spiro atoms. The van der Waals surface area contributed by atoms with Gasteiger partial charge in [-0.2, -0.15) is 0 Å². The van der Waals surface area contributed by atoms with Crippen LogP contribution in [0.15, 0.2) is 53.6 Å². The van der Waals surface area contributed by atoms with Gasteiger partial charge in [-0.3, -0.25) is 14.4 Å². The van der Waals surface area contributed by atoms with Gasteiger partial charge >= 0.3 is 18.0 Å². The molecule has 3 aliphatic heterocycles. The summed E-state index contributed by atoms with van der Waals surface area (Å²) < 4.78 is 65.4. The number of terminal acetylenes is 1. The van der Waals surface area contributed by atoms with Gasteiger partial charge in [0.15, 0.2) is 0 Å². The number of nitrogens with zero attached hydrogens (tertiary/aromatic N) is 6. The first-order chi connectivity index (χ1) is 40.6. The molecule has 27 heteroatoms. The molecule has 7 amide bonds. The smallest absolute Gasteiger partial charge is 0.335 e. The predicted molar refractivity (Wildman–Crippen MR) is 295 cm³/mol. The number of carbonyl (C=O) groups is 6. The summed E-state index contributed by atoms with van der Waals surface area (Å²) >= 11 is 0. The van der Waals surface area contributed by atoms with Crippen LogP contribution in [-0.2, 0) is 80.9 Å². The Morgan fingerprint density at radius 1 is 0.651 bits per heavy atom. The maximum Gasteiger partial charge on any atom is 0.335 e. The Labute approximate surface area is 482 Å². The van der Waals surface area contributed by atoms with E-state index in [9.17, 15) is 28.8 Å². The van der Waals surface area contributed by atoms with Crippen LogP contribution in [0.5, 0.6) is 0 Å². The van der Waals surface area contributed by atoms with Crippen LogP contribution in [0, 0.1) is 24.2 Å². The molecule has 456 valence electrons. The Bertz CT molecular complexity index is 2420. The van der Waals surface area contributed by atoms with Crippen LogP contribution in [0.4, 0.5) is 21.0 Å². The lowest BCUT2D eigenvalue weighted by atomic mass is 9.87. The zero-order valence-corrected chi connectivity index (χ0v) is 47.0. The first kappa shape index (κ1) is 65.8. The third-order valence-electron chi connectivity index (χ3n) is 13.6. The number of ether oxygens (including phenoxy) is 12. The Morgan fingerprint density at radius 2 is 1.12 bits per heavy atom. The molecule has 4 fully saturated rings. The second-order valence-electron chi connectivity index (χ2n) is 19.2. The average Bonchev–Trinajstić information content (AvgIpc) is 2.69. The van der Waals surface area contributed by atoms with Crippen LogP contribution in [-0.4, -0.2) is 229 Å². The van der Waals surface area contributed by atoms with E-state index in [4.69, 9.17) is 73.6 Å². The number of nitrogens with one attached hydrogen (secondary N) is 2. The molecule has 4 aliphatic rings. The van der Waals surface area contributed by atoms with Crippen LogP contribution in [0.3, 0.4) is 0 Å². The van der Waals surface area contributed by atoms with Gasteiger partial charge < -0.3 is 77.2 Å². The number of rotatable bonds is 44. The molecule has 27 nitrogen and oxygen atoms in total. The highest BCUT2D eigenvalue weighted by Crippen LogP contribution is 2.54. The summed E-state index contributed by atoms with van der Waals surface area (Å²) in [4.78, 5) is 89.1. The third kappa shape index (κ3) is 23.0. The largest absolute Gasteiger partial charge is 0.379 e. The van der Waals surface area contributed by atoms with Crippen LogP contribution in [0.2, 0.25) is 0 Å². The molecule has 83 heavy (non-hydrogen) atoms. The summed E-state index contributed by atoms with van der Waals surface area (Å²) in [5.74, 6) is -0.614. The van der Waals surface area contributed by atoms with E-state index >= 15 is 0 Å². The van der Waals surface area contributed by atoms with Gasteiger partial charge in [0.1, 0.15) is 5.54 Å². The summed E-state index contributed by atoms with van der Waals surface area (Å²) in [6, 6.07) is 13.1. The van der Waals surface area contributed by atoms with Crippen molar-refractivity contribution in [2.24, 2.45) is 17.0 Å². The van der Waals surface area contributed by atoms with E-state index in [1.54, 1.807) is 41.3 Å². The lowest BCUT2D eigenvalue weighted by Gasteiger charge is -2.37. The first-order valence-electron chi connectivity index (χ1n) is 28.0. The highest BCUT2D eigenvalue weighted by molar-refractivity contribution is 6.23. The summed E-state index contributed by atoms with van der Waals surface area (Å²) in [5.41, 5.74) is 9.51. The second-order valence-corrected chi connectivity index (χ2v) is 19.2. The molecule has 0 radical (unpaired) electrons. The van der Waals surface area contributed by atoms with E-state index in [0.29, 0.717) is 174 Å². The number of hydrogen-bond donors (Lipinski definition) is 2. The number of imide groups is 2. The van der Waals surface area contributed by atoms with Crippen LogP contribution in [0.25, 0.3) is 10.4 Å². The van der Waals surface area contributed by atoms with Gasteiger partial charge in [0.05, 0.1) is 177 Å². The first-order valence-corrected chi connectivity index (χ1v) is 28.0. The molecular weight excluding hydrogens is 1090 g/mol. The zero-order chi connectivity index (χ0) is 58.7. The molecule has 2 N–H and O–H groups in total. The van der Waals surface area contributed by atoms with Crippen molar-refractivity contribution in [2.75, 3.05) is 188 Å². The highest BCUT2D eigenvalue weighted by Gasteiger charge is 2.55. The standard InChI is InChI=1S/C56H78N8O19/c1-2-43-4-3-5-45(40-43)59-54(69)62-14-11-56(12-15-62)53(68)63(55(70)60-56)46-8-6-44(7-9-46)47-41-48(47)49-42-50(65)64(52(49)67)83-51(66)10-16-71-18-20-73-22-24-75-26-28-77-30-32-79-34-36-81-38-39-82-37-35-80-33-31-78-29-27-76-25-23-74-21-19-72-17-13-58-61-57/h1,3-9,40,47-49H,10-39,41-42H2,(H,59,69)(H,60,70). The van der Waals surface area contributed by atoms with Crippen molar-refractivity contribution in [3.05, 3.63) is 70.1 Å². The maximum atomic E-state index is 13.8. The van der Waals surface area contributed by atoms with E-state index in [2.05, 4.69) is 26.6 Å². The van der Waals surface area contributed by atoms with Gasteiger partial charge in [0, 0.05) is 42.2 Å². The van der Waals surface area contributed by atoms with Crippen molar-refractivity contribution >= 4 is 47.1 Å². The number of amides is 7. The number of azide groups is 1. The van der Waals surface area contributed by atoms with E-state index in [1.807, 2.05) is 12.1 Å². The molecule has 3 heterocycles. The van der Waals surface area contributed by atoms with E-state index in [1.165, 1.54) is 0 Å². The molecule has 1 aliphatic carbocycles. The van der Waals surface area contributed by atoms with Crippen LogP contribution >= 0.6 is 0 Å². The summed E-state index contributed by atoms with van der Waals surface area (Å²) in [6.45, 7) is 10.4. The van der Waals surface area contributed by atoms with Gasteiger partial charge in [-0.25, -0.2) is 19.3 Å². The molecule has 1 saturated carbocycles. The van der Waals surface area contributed by atoms with E-state index in [0.717, 1.165) is 10.5 Å². The molecule has 3 unspecified atom stereocenters. The second kappa shape index (κ2) is 37.8. The number of hydrogen-bond acceptors (Lipinski definition) is 20. The van der Waals surface area contributed by atoms with Crippen LogP contribution in [0.1, 0.15) is 49.1 Å². The average molecular weight is 1170 g/mol. The normalized spacial score (nSPS) is 18.2. The van der Waals surface area contributed by atoms with Gasteiger partial charge in [0.25, 0.3) is 17.7 Å². The fourth-order valence-electron chi connectivity index (χ4n) is 9.12. The number of anilines is 2. The predicted octanol–water partition coefficient (Wildman–Crippen LogP) is 3.63. The number of likely N-dealkylation sites (tertiary alicyclic amines) is 1. The molecule has 3 atom stereocenters. The summed E-state index contributed by atoms with van der Waals surface area (Å²) in [5, 5.41) is 9.65. The fraction of sp³-hybridized carbons (Fsp3) is 0.643. The highest BCUT2D eigenvalue weighted by atomic mass is 16.7. The minimum atomic E-state index is -1.14.